The van der Waals surface area contributed by atoms with Crippen LogP contribution in [0.1, 0.15) is 24.1 Å². The number of benzene rings is 2. The molecular weight excluding hydrogens is 428 g/mol. The summed E-state index contributed by atoms with van der Waals surface area (Å²) in [6.07, 6.45) is 1.75. The Kier molecular flexibility index (Phi) is 5.96. The topological polar surface area (TPSA) is 79.1 Å². The quantitative estimate of drug-likeness (QED) is 0.558. The summed E-state index contributed by atoms with van der Waals surface area (Å²) in [7, 11) is 4.44. The molecule has 1 aliphatic heterocycles. The second-order valence-electron chi connectivity index (χ2n) is 7.07. The molecule has 0 bridgehead atoms. The number of esters is 1. The van der Waals surface area contributed by atoms with Gasteiger partial charge in [0.2, 0.25) is 0 Å². The van der Waals surface area contributed by atoms with Crippen LogP contribution >= 0.6 is 11.3 Å². The molecule has 0 saturated heterocycles. The predicted octanol–water partition coefficient (Wildman–Crippen LogP) is 2.43. The molecule has 2 heterocycles. The van der Waals surface area contributed by atoms with Gasteiger partial charge in [-0.25, -0.2) is 9.79 Å². The number of allylic oxidation sites excluding steroid dienone is 1. The molecule has 32 heavy (non-hydrogen) atoms. The minimum atomic E-state index is -0.630. The lowest BCUT2D eigenvalue weighted by molar-refractivity contribution is -0.136. The molecule has 2 aromatic carbocycles. The third-order valence-electron chi connectivity index (χ3n) is 5.26. The molecular formula is C24H22N2O5S. The average molecular weight is 451 g/mol. The highest BCUT2D eigenvalue weighted by molar-refractivity contribution is 7.07. The van der Waals surface area contributed by atoms with Gasteiger partial charge in [-0.15, -0.1) is 0 Å². The first-order valence-corrected chi connectivity index (χ1v) is 10.7. The molecule has 1 aliphatic rings. The van der Waals surface area contributed by atoms with Crippen LogP contribution in [0, 0.1) is 0 Å². The second kappa shape index (κ2) is 8.84. The van der Waals surface area contributed by atoms with Crippen LogP contribution in [0.2, 0.25) is 0 Å². The summed E-state index contributed by atoms with van der Waals surface area (Å²) in [4.78, 5) is 31.3. The van der Waals surface area contributed by atoms with Gasteiger partial charge < -0.3 is 14.2 Å². The van der Waals surface area contributed by atoms with Crippen molar-refractivity contribution in [2.24, 2.45) is 4.99 Å². The Hall–Kier alpha value is -3.65. The van der Waals surface area contributed by atoms with Crippen LogP contribution in [0.5, 0.6) is 11.5 Å². The van der Waals surface area contributed by atoms with Crippen LogP contribution in [0.15, 0.2) is 69.6 Å². The van der Waals surface area contributed by atoms with Gasteiger partial charge in [-0.2, -0.15) is 0 Å². The molecule has 4 rings (SSSR count). The SMILES string of the molecule is COC(=O)C1=C(C)N=c2s/c(=C\c3cccc(OC)c3OC)c(=O)n2[C@H]1c1ccccc1. The minimum absolute atomic E-state index is 0.249. The van der Waals surface area contributed by atoms with E-state index in [1.807, 2.05) is 42.5 Å². The third-order valence-corrected chi connectivity index (χ3v) is 6.25. The third kappa shape index (κ3) is 3.62. The van der Waals surface area contributed by atoms with Gasteiger partial charge in [0, 0.05) is 5.56 Å². The standard InChI is InChI=1S/C24H22N2O5S/c1-14-19(23(28)31-4)20(15-9-6-5-7-10-15)26-22(27)18(32-24(26)25-14)13-16-11-8-12-17(29-2)21(16)30-3/h5-13,20H,1-4H3/b18-13-/t20-/m0/s1. The molecule has 0 N–H and O–H groups in total. The maximum absolute atomic E-state index is 13.6. The van der Waals surface area contributed by atoms with Gasteiger partial charge in [0.15, 0.2) is 16.3 Å². The maximum atomic E-state index is 13.6. The van der Waals surface area contributed by atoms with Crippen LogP contribution in [-0.4, -0.2) is 31.9 Å². The van der Waals surface area contributed by atoms with Gasteiger partial charge >= 0.3 is 5.97 Å². The van der Waals surface area contributed by atoms with Gasteiger partial charge in [-0.1, -0.05) is 53.8 Å². The van der Waals surface area contributed by atoms with E-state index < -0.39 is 12.0 Å². The lowest BCUT2D eigenvalue weighted by Crippen LogP contribution is -2.39. The van der Waals surface area contributed by atoms with Crippen molar-refractivity contribution in [3.8, 4) is 11.5 Å². The van der Waals surface area contributed by atoms with Crippen LogP contribution in [0.3, 0.4) is 0 Å². The summed E-state index contributed by atoms with van der Waals surface area (Å²) in [6.45, 7) is 1.75. The van der Waals surface area contributed by atoms with Crippen LogP contribution in [-0.2, 0) is 9.53 Å². The number of hydrogen-bond donors (Lipinski definition) is 0. The summed E-state index contributed by atoms with van der Waals surface area (Å²) in [5.41, 5.74) is 2.13. The Morgan fingerprint density at radius 1 is 1.06 bits per heavy atom. The van der Waals surface area contributed by atoms with Crippen LogP contribution in [0.4, 0.5) is 0 Å². The first-order valence-electron chi connectivity index (χ1n) is 9.87. The van der Waals surface area contributed by atoms with Crippen molar-refractivity contribution in [3.63, 3.8) is 0 Å². The summed E-state index contributed by atoms with van der Waals surface area (Å²) in [5.74, 6) is 0.593. The molecule has 0 aliphatic carbocycles. The molecule has 8 heteroatoms. The van der Waals surface area contributed by atoms with Crippen molar-refractivity contribution >= 4 is 23.4 Å². The number of methoxy groups -OCH3 is 3. The number of thiazole rings is 1. The number of fused-ring (bicyclic) bond motifs is 1. The van der Waals surface area contributed by atoms with Gasteiger partial charge in [0.25, 0.3) is 5.56 Å². The Morgan fingerprint density at radius 2 is 1.81 bits per heavy atom. The zero-order chi connectivity index (χ0) is 22.8. The lowest BCUT2D eigenvalue weighted by atomic mass is 9.96. The van der Waals surface area contributed by atoms with Crippen molar-refractivity contribution in [2.75, 3.05) is 21.3 Å². The number of aromatic nitrogens is 1. The molecule has 0 amide bonds. The fourth-order valence-electron chi connectivity index (χ4n) is 3.81. The highest BCUT2D eigenvalue weighted by Crippen LogP contribution is 2.32. The Morgan fingerprint density at radius 3 is 2.47 bits per heavy atom. The maximum Gasteiger partial charge on any atom is 0.338 e. The van der Waals surface area contributed by atoms with Gasteiger partial charge in [-0.05, 0) is 24.6 Å². The molecule has 7 nitrogen and oxygen atoms in total. The number of carbonyl (C=O) groups excluding carboxylic acids is 1. The van der Waals surface area contributed by atoms with E-state index in [2.05, 4.69) is 4.99 Å². The number of nitrogens with zero attached hydrogens (tertiary/aromatic N) is 2. The van der Waals surface area contributed by atoms with Crippen LogP contribution in [0.25, 0.3) is 6.08 Å². The molecule has 0 fully saturated rings. The largest absolute Gasteiger partial charge is 0.493 e. The summed E-state index contributed by atoms with van der Waals surface area (Å²) < 4.78 is 17.9. The van der Waals surface area contributed by atoms with Gasteiger partial charge in [-0.3, -0.25) is 9.36 Å². The molecule has 0 unspecified atom stereocenters. The van der Waals surface area contributed by atoms with E-state index in [4.69, 9.17) is 14.2 Å². The van der Waals surface area contributed by atoms with Crippen molar-refractivity contribution in [1.82, 2.24) is 4.57 Å². The summed E-state index contributed by atoms with van der Waals surface area (Å²) >= 11 is 1.26. The van der Waals surface area contributed by atoms with Crippen molar-refractivity contribution in [3.05, 3.63) is 90.6 Å². The Labute approximate surface area is 188 Å². The monoisotopic (exact) mass is 450 g/mol. The molecule has 164 valence electrons. The number of para-hydroxylation sites is 1. The Bertz CT molecular complexity index is 1390. The lowest BCUT2D eigenvalue weighted by Gasteiger charge is -2.24. The fraction of sp³-hybridized carbons (Fsp3) is 0.208. The average Bonchev–Trinajstić information content (AvgIpc) is 3.12. The van der Waals surface area contributed by atoms with Crippen molar-refractivity contribution in [2.45, 2.75) is 13.0 Å². The van der Waals surface area contributed by atoms with Crippen molar-refractivity contribution < 1.29 is 19.0 Å². The number of rotatable bonds is 5. The zero-order valence-electron chi connectivity index (χ0n) is 18.1. The molecule has 0 radical (unpaired) electrons. The van der Waals surface area contributed by atoms with Gasteiger partial charge in [0.1, 0.15) is 0 Å². The number of ether oxygens (including phenoxy) is 3. The molecule has 1 aromatic heterocycles. The fourth-order valence-corrected chi connectivity index (χ4v) is 4.85. The molecule has 0 spiro atoms. The van der Waals surface area contributed by atoms with E-state index in [-0.39, 0.29) is 5.56 Å². The van der Waals surface area contributed by atoms with Gasteiger partial charge in [0.05, 0.1) is 43.2 Å². The van der Waals surface area contributed by atoms with E-state index in [1.165, 1.54) is 18.4 Å². The second-order valence-corrected chi connectivity index (χ2v) is 8.08. The zero-order valence-corrected chi connectivity index (χ0v) is 18.9. The summed E-state index contributed by atoms with van der Waals surface area (Å²) in [6, 6.07) is 14.2. The normalized spacial score (nSPS) is 15.8. The smallest absolute Gasteiger partial charge is 0.338 e. The number of hydrogen-bond acceptors (Lipinski definition) is 7. The minimum Gasteiger partial charge on any atom is -0.493 e. The van der Waals surface area contributed by atoms with E-state index >= 15 is 0 Å². The Balaban J connectivity index is 1.98. The van der Waals surface area contributed by atoms with Crippen molar-refractivity contribution in [1.29, 1.82) is 0 Å². The highest BCUT2D eigenvalue weighted by Gasteiger charge is 2.32. The van der Waals surface area contributed by atoms with E-state index in [0.717, 1.165) is 5.56 Å². The highest BCUT2D eigenvalue weighted by atomic mass is 32.1. The van der Waals surface area contributed by atoms with E-state index in [1.54, 1.807) is 37.9 Å². The first kappa shape index (κ1) is 21.6. The summed E-state index contributed by atoms with van der Waals surface area (Å²) in [5, 5.41) is 0. The molecule has 0 saturated carbocycles. The molecule has 3 aromatic rings. The first-order chi connectivity index (χ1) is 15.5. The predicted molar refractivity (Wildman–Crippen MR) is 122 cm³/mol. The molecule has 1 atom stereocenters. The van der Waals surface area contributed by atoms with E-state index in [9.17, 15) is 9.59 Å². The van der Waals surface area contributed by atoms with Crippen LogP contribution < -0.4 is 24.4 Å². The van der Waals surface area contributed by atoms with E-state index in [0.29, 0.717) is 37.7 Å². The number of carbonyl (C=O) groups is 1.